The molecule has 16 heavy (non-hydrogen) atoms. The molecule has 1 aliphatic carbocycles. The van der Waals surface area contributed by atoms with E-state index in [2.05, 4.69) is 36.5 Å². The largest absolute Gasteiger partial charge is 0.305 e. The minimum atomic E-state index is 0.414. The summed E-state index contributed by atoms with van der Waals surface area (Å²) in [6.07, 6.45) is 5.41. The highest BCUT2D eigenvalue weighted by atomic mass is 32.1. The quantitative estimate of drug-likeness (QED) is 0.869. The first-order chi connectivity index (χ1) is 7.65. The van der Waals surface area contributed by atoms with Crippen LogP contribution < -0.4 is 5.32 Å². The second-order valence-corrected chi connectivity index (χ2v) is 6.06. The van der Waals surface area contributed by atoms with Crippen LogP contribution in [0.5, 0.6) is 0 Å². The lowest BCUT2D eigenvalue weighted by molar-refractivity contribution is 0.291. The number of aromatic nitrogens is 1. The monoisotopic (exact) mass is 238 g/mol. The van der Waals surface area contributed by atoms with E-state index >= 15 is 0 Å². The van der Waals surface area contributed by atoms with Crippen LogP contribution in [0.15, 0.2) is 5.38 Å². The molecule has 1 aliphatic rings. The Morgan fingerprint density at radius 2 is 2.06 bits per heavy atom. The summed E-state index contributed by atoms with van der Waals surface area (Å²) in [5.74, 6) is 0.926. The van der Waals surface area contributed by atoms with Crippen LogP contribution in [0, 0.1) is 12.8 Å². The van der Waals surface area contributed by atoms with Crippen molar-refractivity contribution >= 4 is 11.3 Å². The zero-order valence-corrected chi connectivity index (χ0v) is 11.3. The predicted octanol–water partition coefficient (Wildman–Crippen LogP) is 3.68. The number of aryl methyl sites for hydroxylation is 1. The first kappa shape index (κ1) is 12.1. The third kappa shape index (κ3) is 3.05. The van der Waals surface area contributed by atoms with E-state index in [1.54, 1.807) is 11.3 Å². The standard InChI is InChI=1S/C13H22N2S/c1-9-4-6-12(7-5-9)15-11(3)13-14-10(2)8-16-13/h8-9,11-12,15H,4-7H2,1-3H3. The minimum Gasteiger partial charge on any atom is -0.305 e. The van der Waals surface area contributed by atoms with Gasteiger partial charge in [-0.3, -0.25) is 0 Å². The Kier molecular flexibility index (Phi) is 3.98. The number of hydrogen-bond acceptors (Lipinski definition) is 3. The van der Waals surface area contributed by atoms with Crippen LogP contribution in [0.1, 0.15) is 56.3 Å². The molecule has 0 saturated heterocycles. The second kappa shape index (κ2) is 5.28. The van der Waals surface area contributed by atoms with E-state index in [4.69, 9.17) is 0 Å². The molecular weight excluding hydrogens is 216 g/mol. The summed E-state index contributed by atoms with van der Waals surface area (Å²) in [6, 6.07) is 1.12. The van der Waals surface area contributed by atoms with Crippen molar-refractivity contribution in [3.63, 3.8) is 0 Å². The summed E-state index contributed by atoms with van der Waals surface area (Å²) in [4.78, 5) is 4.55. The molecule has 2 nitrogen and oxygen atoms in total. The van der Waals surface area contributed by atoms with Crippen molar-refractivity contribution in [1.29, 1.82) is 0 Å². The van der Waals surface area contributed by atoms with Gasteiger partial charge in [0.1, 0.15) is 5.01 Å². The number of nitrogens with zero attached hydrogens (tertiary/aromatic N) is 1. The van der Waals surface area contributed by atoms with Crippen molar-refractivity contribution in [3.8, 4) is 0 Å². The van der Waals surface area contributed by atoms with E-state index in [0.29, 0.717) is 12.1 Å². The van der Waals surface area contributed by atoms with E-state index in [1.807, 2.05) is 0 Å². The average molecular weight is 238 g/mol. The highest BCUT2D eigenvalue weighted by Gasteiger charge is 2.20. The van der Waals surface area contributed by atoms with Gasteiger partial charge in [0.2, 0.25) is 0 Å². The van der Waals surface area contributed by atoms with Gasteiger partial charge in [0, 0.05) is 17.1 Å². The Hall–Kier alpha value is -0.410. The van der Waals surface area contributed by atoms with Crippen LogP contribution in [-0.4, -0.2) is 11.0 Å². The van der Waals surface area contributed by atoms with E-state index in [9.17, 15) is 0 Å². The minimum absolute atomic E-state index is 0.414. The summed E-state index contributed by atoms with van der Waals surface area (Å²) in [7, 11) is 0. The van der Waals surface area contributed by atoms with Crippen LogP contribution in [0.4, 0.5) is 0 Å². The highest BCUT2D eigenvalue weighted by Crippen LogP contribution is 2.26. The zero-order chi connectivity index (χ0) is 11.5. The Morgan fingerprint density at radius 1 is 1.38 bits per heavy atom. The Balaban J connectivity index is 1.85. The molecular formula is C13H22N2S. The molecule has 90 valence electrons. The fraction of sp³-hybridized carbons (Fsp3) is 0.769. The van der Waals surface area contributed by atoms with E-state index in [-0.39, 0.29) is 0 Å². The maximum absolute atomic E-state index is 4.55. The molecule has 3 heteroatoms. The Morgan fingerprint density at radius 3 is 2.62 bits per heavy atom. The third-order valence-corrected chi connectivity index (χ3v) is 4.65. The Bertz CT molecular complexity index is 326. The average Bonchev–Trinajstić information content (AvgIpc) is 2.68. The molecule has 0 amide bonds. The predicted molar refractivity (Wildman–Crippen MR) is 69.8 cm³/mol. The van der Waals surface area contributed by atoms with Gasteiger partial charge in [0.15, 0.2) is 0 Å². The lowest BCUT2D eigenvalue weighted by atomic mass is 9.87. The molecule has 2 rings (SSSR count). The summed E-state index contributed by atoms with van der Waals surface area (Å²) in [6.45, 7) is 6.66. The molecule has 0 radical (unpaired) electrons. The van der Waals surface area contributed by atoms with Crippen molar-refractivity contribution in [1.82, 2.24) is 10.3 Å². The van der Waals surface area contributed by atoms with Crippen molar-refractivity contribution in [2.24, 2.45) is 5.92 Å². The molecule has 1 N–H and O–H groups in total. The first-order valence-electron chi connectivity index (χ1n) is 6.33. The smallest absolute Gasteiger partial charge is 0.110 e. The van der Waals surface area contributed by atoms with Gasteiger partial charge in [-0.05, 0) is 45.4 Å². The lowest BCUT2D eigenvalue weighted by Gasteiger charge is -2.29. The number of nitrogens with one attached hydrogen (secondary N) is 1. The molecule has 1 aromatic heterocycles. The summed E-state index contributed by atoms with van der Waals surface area (Å²) < 4.78 is 0. The maximum atomic E-state index is 4.55. The van der Waals surface area contributed by atoms with Crippen molar-refractivity contribution in [3.05, 3.63) is 16.1 Å². The first-order valence-corrected chi connectivity index (χ1v) is 7.21. The number of thiazole rings is 1. The van der Waals surface area contributed by atoms with Crippen LogP contribution in [0.25, 0.3) is 0 Å². The van der Waals surface area contributed by atoms with E-state index < -0.39 is 0 Å². The van der Waals surface area contributed by atoms with Crippen molar-refractivity contribution < 1.29 is 0 Å². The van der Waals surface area contributed by atoms with Crippen LogP contribution in [-0.2, 0) is 0 Å². The van der Waals surface area contributed by atoms with Crippen molar-refractivity contribution in [2.75, 3.05) is 0 Å². The van der Waals surface area contributed by atoms with Crippen LogP contribution in [0.3, 0.4) is 0 Å². The molecule has 1 unspecified atom stereocenters. The van der Waals surface area contributed by atoms with Gasteiger partial charge < -0.3 is 5.32 Å². The van der Waals surface area contributed by atoms with Gasteiger partial charge in [0.05, 0.1) is 6.04 Å². The fourth-order valence-electron chi connectivity index (χ4n) is 2.42. The van der Waals surface area contributed by atoms with E-state index in [0.717, 1.165) is 11.6 Å². The SMILES string of the molecule is Cc1csc(C(C)NC2CCC(C)CC2)n1. The third-order valence-electron chi connectivity index (χ3n) is 3.51. The van der Waals surface area contributed by atoms with Gasteiger partial charge in [-0.15, -0.1) is 11.3 Å². The fourth-order valence-corrected chi connectivity index (χ4v) is 3.24. The molecule has 1 heterocycles. The van der Waals surface area contributed by atoms with Crippen LogP contribution >= 0.6 is 11.3 Å². The lowest BCUT2D eigenvalue weighted by Crippen LogP contribution is -2.34. The topological polar surface area (TPSA) is 24.9 Å². The maximum Gasteiger partial charge on any atom is 0.110 e. The zero-order valence-electron chi connectivity index (χ0n) is 10.5. The molecule has 1 atom stereocenters. The highest BCUT2D eigenvalue weighted by molar-refractivity contribution is 7.09. The van der Waals surface area contributed by atoms with Gasteiger partial charge in [0.25, 0.3) is 0 Å². The second-order valence-electron chi connectivity index (χ2n) is 5.17. The molecule has 1 saturated carbocycles. The van der Waals surface area contributed by atoms with Gasteiger partial charge in [-0.25, -0.2) is 4.98 Å². The molecule has 1 fully saturated rings. The summed E-state index contributed by atoms with van der Waals surface area (Å²) in [5.41, 5.74) is 1.14. The van der Waals surface area contributed by atoms with Gasteiger partial charge >= 0.3 is 0 Å². The normalized spacial score (nSPS) is 27.9. The van der Waals surface area contributed by atoms with E-state index in [1.165, 1.54) is 30.7 Å². The number of rotatable bonds is 3. The molecule has 0 spiro atoms. The molecule has 1 aromatic rings. The molecule has 0 aromatic carbocycles. The van der Waals surface area contributed by atoms with Crippen molar-refractivity contribution in [2.45, 2.75) is 58.5 Å². The summed E-state index contributed by atoms with van der Waals surface area (Å²) in [5, 5.41) is 7.08. The molecule has 0 aliphatic heterocycles. The Labute approximate surface area is 102 Å². The summed E-state index contributed by atoms with van der Waals surface area (Å²) >= 11 is 1.77. The number of hydrogen-bond donors (Lipinski definition) is 1. The molecule has 0 bridgehead atoms. The van der Waals surface area contributed by atoms with Gasteiger partial charge in [-0.1, -0.05) is 6.92 Å². The van der Waals surface area contributed by atoms with Gasteiger partial charge in [-0.2, -0.15) is 0 Å². The van der Waals surface area contributed by atoms with Crippen LogP contribution in [0.2, 0.25) is 0 Å².